The number of esters is 1. The van der Waals surface area contributed by atoms with Gasteiger partial charge in [-0.3, -0.25) is 9.59 Å². The molecule has 0 aliphatic carbocycles. The van der Waals surface area contributed by atoms with Gasteiger partial charge in [0.25, 0.3) is 5.91 Å². The minimum Gasteiger partial charge on any atom is -0.462 e. The van der Waals surface area contributed by atoms with E-state index in [9.17, 15) is 22.8 Å². The van der Waals surface area contributed by atoms with Crippen LogP contribution < -0.4 is 10.1 Å². The molecule has 2 rings (SSSR count). The minimum atomic E-state index is -4.48. The smallest absolute Gasteiger partial charge is 0.416 e. The fourth-order valence-corrected chi connectivity index (χ4v) is 2.13. The molecule has 0 radical (unpaired) electrons. The Kier molecular flexibility index (Phi) is 6.44. The summed E-state index contributed by atoms with van der Waals surface area (Å²) in [7, 11) is 0. The Labute approximate surface area is 154 Å². The summed E-state index contributed by atoms with van der Waals surface area (Å²) in [6.07, 6.45) is -4.77. The van der Waals surface area contributed by atoms with Gasteiger partial charge >= 0.3 is 12.1 Å². The zero-order valence-corrected chi connectivity index (χ0v) is 14.7. The lowest BCUT2D eigenvalue weighted by Gasteiger charge is -2.11. The Bertz CT molecular complexity index is 819. The molecule has 2 aromatic rings. The van der Waals surface area contributed by atoms with Gasteiger partial charge in [-0.1, -0.05) is 12.1 Å². The third-order valence-corrected chi connectivity index (χ3v) is 3.25. The van der Waals surface area contributed by atoms with Gasteiger partial charge in [-0.2, -0.15) is 13.2 Å². The van der Waals surface area contributed by atoms with Crippen molar-refractivity contribution in [3.8, 4) is 11.5 Å². The number of amides is 1. The van der Waals surface area contributed by atoms with E-state index in [1.165, 1.54) is 36.4 Å². The van der Waals surface area contributed by atoms with Crippen molar-refractivity contribution in [1.29, 1.82) is 0 Å². The molecule has 0 saturated heterocycles. The third kappa shape index (κ3) is 6.32. The van der Waals surface area contributed by atoms with E-state index in [0.29, 0.717) is 0 Å². The Morgan fingerprint density at radius 2 is 1.67 bits per heavy atom. The van der Waals surface area contributed by atoms with Gasteiger partial charge in [-0.05, 0) is 50.2 Å². The van der Waals surface area contributed by atoms with Crippen LogP contribution >= 0.6 is 0 Å². The van der Waals surface area contributed by atoms with Crippen molar-refractivity contribution in [2.75, 3.05) is 6.54 Å². The predicted molar refractivity (Wildman–Crippen MR) is 91.5 cm³/mol. The highest BCUT2D eigenvalue weighted by Crippen LogP contribution is 2.32. The number of alkyl halides is 3. The molecule has 0 fully saturated rings. The van der Waals surface area contributed by atoms with Crippen LogP contribution in [0.4, 0.5) is 13.2 Å². The first-order valence-electron chi connectivity index (χ1n) is 8.08. The molecule has 8 heteroatoms. The van der Waals surface area contributed by atoms with Gasteiger partial charge in [0.2, 0.25) is 0 Å². The van der Waals surface area contributed by atoms with Crippen LogP contribution in [0.3, 0.4) is 0 Å². The summed E-state index contributed by atoms with van der Waals surface area (Å²) < 4.78 is 48.6. The van der Waals surface area contributed by atoms with E-state index >= 15 is 0 Å². The van der Waals surface area contributed by atoms with Crippen LogP contribution in [-0.4, -0.2) is 24.5 Å². The van der Waals surface area contributed by atoms with Gasteiger partial charge in [0.15, 0.2) is 0 Å². The maximum absolute atomic E-state index is 12.8. The van der Waals surface area contributed by atoms with E-state index in [0.717, 1.165) is 12.1 Å². The van der Waals surface area contributed by atoms with Crippen molar-refractivity contribution in [3.05, 3.63) is 59.7 Å². The summed E-state index contributed by atoms with van der Waals surface area (Å²) in [5.41, 5.74) is -0.644. The normalized spacial score (nSPS) is 11.2. The molecule has 0 spiro atoms. The first-order valence-corrected chi connectivity index (χ1v) is 8.08. The minimum absolute atomic E-state index is 0.0112. The molecule has 27 heavy (non-hydrogen) atoms. The lowest BCUT2D eigenvalue weighted by atomic mass is 10.2. The number of nitrogens with one attached hydrogen (secondary N) is 1. The molecule has 0 aliphatic rings. The van der Waals surface area contributed by atoms with Crippen molar-refractivity contribution in [1.82, 2.24) is 5.32 Å². The first kappa shape index (κ1) is 20.3. The number of halogens is 3. The summed E-state index contributed by atoms with van der Waals surface area (Å²) in [6, 6.07) is 10.3. The van der Waals surface area contributed by atoms with Crippen LogP contribution in [0.15, 0.2) is 48.5 Å². The molecule has 0 heterocycles. The first-order chi connectivity index (χ1) is 12.6. The second kappa shape index (κ2) is 8.57. The summed E-state index contributed by atoms with van der Waals surface area (Å²) in [4.78, 5) is 23.6. The van der Waals surface area contributed by atoms with Gasteiger partial charge in [0.1, 0.15) is 18.0 Å². The van der Waals surface area contributed by atoms with Crippen LogP contribution in [0.1, 0.15) is 29.8 Å². The Morgan fingerprint density at radius 3 is 2.30 bits per heavy atom. The summed E-state index contributed by atoms with van der Waals surface area (Å²) in [5, 5.41) is 2.41. The predicted octanol–water partition coefficient (Wildman–Crippen LogP) is 4.18. The van der Waals surface area contributed by atoms with Crippen molar-refractivity contribution in [2.24, 2.45) is 0 Å². The molecule has 1 amide bonds. The van der Waals surface area contributed by atoms with E-state index < -0.39 is 23.6 Å². The lowest BCUT2D eigenvalue weighted by molar-refractivity contribution is -0.146. The number of ether oxygens (including phenoxy) is 2. The molecule has 0 aromatic heterocycles. The van der Waals surface area contributed by atoms with Gasteiger partial charge in [0, 0.05) is 5.56 Å². The van der Waals surface area contributed by atoms with Crippen LogP contribution in [0.2, 0.25) is 0 Å². The zero-order chi connectivity index (χ0) is 20.0. The van der Waals surface area contributed by atoms with E-state index in [4.69, 9.17) is 9.47 Å². The van der Waals surface area contributed by atoms with Crippen LogP contribution in [-0.2, 0) is 15.7 Å². The fourth-order valence-electron chi connectivity index (χ4n) is 2.13. The summed E-state index contributed by atoms with van der Waals surface area (Å²) >= 11 is 0. The number of rotatable bonds is 6. The molecule has 2 aromatic carbocycles. The van der Waals surface area contributed by atoms with Crippen LogP contribution in [0, 0.1) is 0 Å². The number of carbonyl (C=O) groups excluding carboxylic acids is 2. The molecule has 0 aliphatic heterocycles. The zero-order valence-electron chi connectivity index (χ0n) is 14.7. The third-order valence-electron chi connectivity index (χ3n) is 3.25. The van der Waals surface area contributed by atoms with Gasteiger partial charge < -0.3 is 14.8 Å². The van der Waals surface area contributed by atoms with Gasteiger partial charge in [-0.15, -0.1) is 0 Å². The van der Waals surface area contributed by atoms with Crippen molar-refractivity contribution >= 4 is 11.9 Å². The second-order valence-electron chi connectivity index (χ2n) is 5.88. The maximum atomic E-state index is 12.8. The highest BCUT2D eigenvalue weighted by Gasteiger charge is 2.30. The molecular formula is C19H18F3NO4. The largest absolute Gasteiger partial charge is 0.462 e. The number of hydrogen-bond acceptors (Lipinski definition) is 4. The second-order valence-corrected chi connectivity index (χ2v) is 5.88. The summed E-state index contributed by atoms with van der Waals surface area (Å²) in [6.45, 7) is 3.08. The monoisotopic (exact) mass is 381 g/mol. The average Bonchev–Trinajstić information content (AvgIpc) is 2.59. The fraction of sp³-hybridized carbons (Fsp3) is 0.263. The molecule has 0 atom stereocenters. The highest BCUT2D eigenvalue weighted by atomic mass is 19.4. The van der Waals surface area contributed by atoms with E-state index in [1.807, 2.05) is 0 Å². The number of benzene rings is 2. The quantitative estimate of drug-likeness (QED) is 0.763. The topological polar surface area (TPSA) is 64.6 Å². The summed E-state index contributed by atoms with van der Waals surface area (Å²) in [5.74, 6) is -0.936. The molecule has 0 unspecified atom stereocenters. The van der Waals surface area contributed by atoms with E-state index in [1.54, 1.807) is 13.8 Å². The SMILES string of the molecule is CC(C)OC(=O)CNC(=O)c1cccc(Oc2cccc(C(F)(F)F)c2)c1. The molecule has 5 nitrogen and oxygen atoms in total. The average molecular weight is 381 g/mol. The molecule has 144 valence electrons. The van der Waals surface area contributed by atoms with Gasteiger partial charge in [0.05, 0.1) is 11.7 Å². The van der Waals surface area contributed by atoms with E-state index in [-0.39, 0.29) is 29.7 Å². The Balaban J connectivity index is 2.05. The molecular weight excluding hydrogens is 363 g/mol. The molecule has 1 N–H and O–H groups in total. The highest BCUT2D eigenvalue weighted by molar-refractivity contribution is 5.96. The number of carbonyl (C=O) groups is 2. The maximum Gasteiger partial charge on any atom is 0.416 e. The van der Waals surface area contributed by atoms with Crippen molar-refractivity contribution in [2.45, 2.75) is 26.1 Å². The lowest BCUT2D eigenvalue weighted by Crippen LogP contribution is -2.31. The Morgan fingerprint density at radius 1 is 1.04 bits per heavy atom. The Hall–Kier alpha value is -3.03. The van der Waals surface area contributed by atoms with Crippen LogP contribution in [0.5, 0.6) is 11.5 Å². The standard InChI is InChI=1S/C19H18F3NO4/c1-12(2)26-17(24)11-23-18(25)13-5-3-7-15(9-13)27-16-8-4-6-14(10-16)19(20,21)22/h3-10,12H,11H2,1-2H3,(H,23,25). The van der Waals surface area contributed by atoms with Crippen molar-refractivity contribution in [3.63, 3.8) is 0 Å². The number of hydrogen-bond donors (Lipinski definition) is 1. The van der Waals surface area contributed by atoms with Crippen LogP contribution in [0.25, 0.3) is 0 Å². The molecule has 0 bridgehead atoms. The molecule has 0 saturated carbocycles. The van der Waals surface area contributed by atoms with E-state index in [2.05, 4.69) is 5.32 Å². The van der Waals surface area contributed by atoms with Gasteiger partial charge in [-0.25, -0.2) is 0 Å². The van der Waals surface area contributed by atoms with Crippen molar-refractivity contribution < 1.29 is 32.2 Å².